The summed E-state index contributed by atoms with van der Waals surface area (Å²) in [7, 11) is 1.68. The van der Waals surface area contributed by atoms with Crippen molar-refractivity contribution < 1.29 is 14.1 Å². The van der Waals surface area contributed by atoms with Gasteiger partial charge in [-0.25, -0.2) is 0 Å². The Morgan fingerprint density at radius 3 is 2.64 bits per heavy atom. The number of likely N-dealkylation sites (N-methyl/N-ethyl adjacent to an activating group) is 1. The molecule has 0 spiro atoms. The van der Waals surface area contributed by atoms with Crippen LogP contribution in [-0.4, -0.2) is 34.1 Å². The van der Waals surface area contributed by atoms with E-state index in [1.165, 1.54) is 4.90 Å². The van der Waals surface area contributed by atoms with Crippen LogP contribution in [-0.2, 0) is 11.3 Å². The van der Waals surface area contributed by atoms with Crippen molar-refractivity contribution in [3.63, 3.8) is 0 Å². The Morgan fingerprint density at radius 1 is 1.21 bits per heavy atom. The summed E-state index contributed by atoms with van der Waals surface area (Å²) in [6, 6.07) is 12.9. The molecule has 0 saturated carbocycles. The summed E-state index contributed by atoms with van der Waals surface area (Å²) < 4.78 is 11.1. The molecule has 0 saturated heterocycles. The van der Waals surface area contributed by atoms with Gasteiger partial charge in [0, 0.05) is 17.6 Å². The summed E-state index contributed by atoms with van der Waals surface area (Å²) in [5, 5.41) is 4.60. The molecular formula is C21H22ClN3O3. The van der Waals surface area contributed by atoms with E-state index in [9.17, 15) is 4.79 Å². The lowest BCUT2D eigenvalue weighted by Crippen LogP contribution is -2.37. The molecule has 1 unspecified atom stereocenters. The topological polar surface area (TPSA) is 68.5 Å². The quantitative estimate of drug-likeness (QED) is 0.613. The Balaban J connectivity index is 1.64. The first-order valence-corrected chi connectivity index (χ1v) is 9.29. The fraction of sp³-hybridized carbons (Fsp3) is 0.286. The molecule has 1 atom stereocenters. The fourth-order valence-electron chi connectivity index (χ4n) is 2.72. The van der Waals surface area contributed by atoms with E-state index in [-0.39, 0.29) is 12.5 Å². The molecule has 3 rings (SSSR count). The number of amides is 1. The minimum atomic E-state index is -0.635. The van der Waals surface area contributed by atoms with Crippen LogP contribution >= 0.6 is 11.6 Å². The third kappa shape index (κ3) is 4.51. The number of nitrogens with zero attached hydrogens (tertiary/aromatic N) is 3. The van der Waals surface area contributed by atoms with Crippen LogP contribution in [0.5, 0.6) is 5.75 Å². The van der Waals surface area contributed by atoms with Crippen molar-refractivity contribution in [1.82, 2.24) is 15.0 Å². The van der Waals surface area contributed by atoms with Gasteiger partial charge in [-0.05, 0) is 62.2 Å². The average molecular weight is 400 g/mol. The van der Waals surface area contributed by atoms with Gasteiger partial charge in [0.25, 0.3) is 5.91 Å². The maximum atomic E-state index is 12.7. The van der Waals surface area contributed by atoms with E-state index in [4.69, 9.17) is 20.9 Å². The molecule has 2 aromatic carbocycles. The summed E-state index contributed by atoms with van der Waals surface area (Å²) in [4.78, 5) is 18.5. The molecular weight excluding hydrogens is 378 g/mol. The number of hydrogen-bond acceptors (Lipinski definition) is 5. The second kappa shape index (κ2) is 8.44. The van der Waals surface area contributed by atoms with Crippen molar-refractivity contribution >= 4 is 17.5 Å². The fourth-order valence-corrected chi connectivity index (χ4v) is 2.85. The highest BCUT2D eigenvalue weighted by Gasteiger charge is 2.22. The summed E-state index contributed by atoms with van der Waals surface area (Å²) in [5.41, 5.74) is 2.93. The zero-order valence-corrected chi connectivity index (χ0v) is 17.0. The van der Waals surface area contributed by atoms with Crippen molar-refractivity contribution in [2.75, 3.05) is 7.05 Å². The van der Waals surface area contributed by atoms with Gasteiger partial charge in [-0.15, -0.1) is 0 Å². The third-order valence-corrected chi connectivity index (χ3v) is 4.78. The zero-order chi connectivity index (χ0) is 20.3. The van der Waals surface area contributed by atoms with Crippen molar-refractivity contribution in [2.24, 2.45) is 0 Å². The molecule has 1 amide bonds. The highest BCUT2D eigenvalue weighted by Crippen LogP contribution is 2.22. The zero-order valence-electron chi connectivity index (χ0n) is 16.3. The number of carbonyl (C=O) groups excluding carboxylic acids is 1. The van der Waals surface area contributed by atoms with Gasteiger partial charge in [-0.3, -0.25) is 4.79 Å². The van der Waals surface area contributed by atoms with Crippen LogP contribution in [0.1, 0.15) is 23.9 Å². The molecule has 6 nitrogen and oxygen atoms in total. The van der Waals surface area contributed by atoms with E-state index in [0.717, 1.165) is 16.7 Å². The third-order valence-electron chi connectivity index (χ3n) is 4.53. The van der Waals surface area contributed by atoms with Crippen LogP contribution in [0.2, 0.25) is 5.02 Å². The number of benzene rings is 2. The van der Waals surface area contributed by atoms with Crippen LogP contribution < -0.4 is 4.74 Å². The normalized spacial score (nSPS) is 11.9. The minimum absolute atomic E-state index is 0.174. The first kappa shape index (κ1) is 19.9. The highest BCUT2D eigenvalue weighted by atomic mass is 35.5. The van der Waals surface area contributed by atoms with Crippen LogP contribution in [0.4, 0.5) is 0 Å². The molecule has 3 aromatic rings. The van der Waals surface area contributed by atoms with Gasteiger partial charge in [-0.1, -0.05) is 28.9 Å². The van der Waals surface area contributed by atoms with Gasteiger partial charge in [-0.2, -0.15) is 4.98 Å². The first-order valence-electron chi connectivity index (χ1n) is 8.91. The molecule has 0 aliphatic rings. The minimum Gasteiger partial charge on any atom is -0.481 e. The van der Waals surface area contributed by atoms with Gasteiger partial charge in [0.15, 0.2) is 6.10 Å². The van der Waals surface area contributed by atoms with Gasteiger partial charge in [0.1, 0.15) is 5.75 Å². The highest BCUT2D eigenvalue weighted by molar-refractivity contribution is 6.30. The van der Waals surface area contributed by atoms with Crippen molar-refractivity contribution in [3.8, 4) is 17.1 Å². The number of hydrogen-bond donors (Lipinski definition) is 0. The first-order chi connectivity index (χ1) is 13.3. The largest absolute Gasteiger partial charge is 0.481 e. The van der Waals surface area contributed by atoms with Crippen LogP contribution in [0.15, 0.2) is 47.0 Å². The average Bonchev–Trinajstić information content (AvgIpc) is 3.13. The van der Waals surface area contributed by atoms with Crippen LogP contribution in [0.3, 0.4) is 0 Å². The monoisotopic (exact) mass is 399 g/mol. The summed E-state index contributed by atoms with van der Waals surface area (Å²) in [5.74, 6) is 1.33. The van der Waals surface area contributed by atoms with Crippen LogP contribution in [0, 0.1) is 13.8 Å². The molecule has 0 N–H and O–H groups in total. The van der Waals surface area contributed by atoms with Crippen molar-refractivity contribution in [2.45, 2.75) is 33.4 Å². The van der Waals surface area contributed by atoms with Crippen molar-refractivity contribution in [3.05, 3.63) is 64.5 Å². The molecule has 0 aliphatic heterocycles. The summed E-state index contributed by atoms with van der Waals surface area (Å²) in [6.07, 6.45) is -0.635. The van der Waals surface area contributed by atoms with E-state index < -0.39 is 6.10 Å². The number of ether oxygens (including phenoxy) is 1. The molecule has 28 heavy (non-hydrogen) atoms. The van der Waals surface area contributed by atoms with Crippen LogP contribution in [0.25, 0.3) is 11.4 Å². The Morgan fingerprint density at radius 2 is 1.93 bits per heavy atom. The Kier molecular flexibility index (Phi) is 5.99. The molecule has 0 fully saturated rings. The van der Waals surface area contributed by atoms with Gasteiger partial charge >= 0.3 is 0 Å². The maximum Gasteiger partial charge on any atom is 0.263 e. The molecule has 7 heteroatoms. The lowest BCUT2D eigenvalue weighted by Gasteiger charge is -2.21. The molecule has 1 heterocycles. The molecule has 146 valence electrons. The SMILES string of the molecule is Cc1cccc(OC(C)C(=O)N(C)Cc2nc(-c3ccc(Cl)cc3)no2)c1C. The van der Waals surface area contributed by atoms with E-state index in [2.05, 4.69) is 10.1 Å². The lowest BCUT2D eigenvalue weighted by atomic mass is 10.1. The van der Waals surface area contributed by atoms with E-state index in [1.807, 2.05) is 44.2 Å². The standard InChI is InChI=1S/C21H22ClN3O3/c1-13-6-5-7-18(14(13)2)27-15(3)21(26)25(4)12-19-23-20(24-28-19)16-8-10-17(22)11-9-16/h5-11,15H,12H2,1-4H3. The number of aryl methyl sites for hydroxylation is 1. The van der Waals surface area contributed by atoms with Gasteiger partial charge in [0.2, 0.25) is 11.7 Å². The summed E-state index contributed by atoms with van der Waals surface area (Å²) >= 11 is 5.89. The smallest absolute Gasteiger partial charge is 0.263 e. The summed E-state index contributed by atoms with van der Waals surface area (Å²) in [6.45, 7) is 5.91. The number of carbonyl (C=O) groups is 1. The van der Waals surface area contributed by atoms with Gasteiger partial charge in [0.05, 0.1) is 6.54 Å². The van der Waals surface area contributed by atoms with E-state index in [0.29, 0.717) is 22.5 Å². The number of halogens is 1. The number of aromatic nitrogens is 2. The predicted molar refractivity (Wildman–Crippen MR) is 107 cm³/mol. The predicted octanol–water partition coefficient (Wildman–Crippen LogP) is 4.43. The molecule has 1 aromatic heterocycles. The molecule has 0 bridgehead atoms. The molecule has 0 aliphatic carbocycles. The Bertz CT molecular complexity index is 969. The second-order valence-electron chi connectivity index (χ2n) is 6.67. The van der Waals surface area contributed by atoms with E-state index >= 15 is 0 Å². The lowest BCUT2D eigenvalue weighted by molar-refractivity contribution is -0.137. The Labute approximate surface area is 169 Å². The second-order valence-corrected chi connectivity index (χ2v) is 7.11. The maximum absolute atomic E-state index is 12.7. The van der Waals surface area contributed by atoms with E-state index in [1.54, 1.807) is 26.1 Å². The van der Waals surface area contributed by atoms with Gasteiger partial charge < -0.3 is 14.2 Å². The molecule has 0 radical (unpaired) electrons. The van der Waals surface area contributed by atoms with Crippen molar-refractivity contribution in [1.29, 1.82) is 0 Å². The Hall–Kier alpha value is -2.86. The number of rotatable bonds is 6.